The lowest BCUT2D eigenvalue weighted by molar-refractivity contribution is 0.340. The summed E-state index contributed by atoms with van der Waals surface area (Å²) in [6, 6.07) is 6.64. The SMILES string of the molecule is CCOc1ccc2[nH]cc(CC3CCCC3N)c2c1. The van der Waals surface area contributed by atoms with E-state index in [1.165, 1.54) is 35.7 Å². The molecular formula is C16H22N2O. The van der Waals surface area contributed by atoms with E-state index in [2.05, 4.69) is 23.3 Å². The Kier molecular flexibility index (Phi) is 3.47. The average molecular weight is 258 g/mol. The van der Waals surface area contributed by atoms with Gasteiger partial charge in [-0.1, -0.05) is 6.42 Å². The summed E-state index contributed by atoms with van der Waals surface area (Å²) in [6.07, 6.45) is 6.93. The Morgan fingerprint density at radius 2 is 2.26 bits per heavy atom. The summed E-state index contributed by atoms with van der Waals surface area (Å²) in [7, 11) is 0. The fourth-order valence-electron chi connectivity index (χ4n) is 3.18. The van der Waals surface area contributed by atoms with Crippen LogP contribution in [0.25, 0.3) is 10.9 Å². The van der Waals surface area contributed by atoms with Crippen LogP contribution in [0.15, 0.2) is 24.4 Å². The van der Waals surface area contributed by atoms with Crippen molar-refractivity contribution in [1.82, 2.24) is 4.98 Å². The molecule has 2 aromatic rings. The highest BCUT2D eigenvalue weighted by atomic mass is 16.5. The predicted octanol–water partition coefficient (Wildman–Crippen LogP) is 3.24. The van der Waals surface area contributed by atoms with Crippen molar-refractivity contribution in [3.05, 3.63) is 30.0 Å². The first-order chi connectivity index (χ1) is 9.28. The highest BCUT2D eigenvalue weighted by Gasteiger charge is 2.24. The van der Waals surface area contributed by atoms with Crippen molar-refractivity contribution in [2.45, 2.75) is 38.6 Å². The minimum absolute atomic E-state index is 0.375. The molecule has 0 aliphatic heterocycles. The summed E-state index contributed by atoms with van der Waals surface area (Å²) < 4.78 is 5.59. The van der Waals surface area contributed by atoms with Gasteiger partial charge in [0.1, 0.15) is 5.75 Å². The Balaban J connectivity index is 1.88. The topological polar surface area (TPSA) is 51.0 Å². The molecule has 3 rings (SSSR count). The lowest BCUT2D eigenvalue weighted by Gasteiger charge is -2.14. The van der Waals surface area contributed by atoms with Crippen molar-refractivity contribution in [3.63, 3.8) is 0 Å². The summed E-state index contributed by atoms with van der Waals surface area (Å²) in [6.45, 7) is 2.72. The summed E-state index contributed by atoms with van der Waals surface area (Å²) in [5, 5.41) is 1.28. The van der Waals surface area contributed by atoms with Crippen LogP contribution in [-0.4, -0.2) is 17.6 Å². The lowest BCUT2D eigenvalue weighted by Crippen LogP contribution is -2.25. The largest absolute Gasteiger partial charge is 0.494 e. The molecule has 3 N–H and O–H groups in total. The van der Waals surface area contributed by atoms with E-state index in [-0.39, 0.29) is 0 Å². The second kappa shape index (κ2) is 5.25. The number of H-pyrrole nitrogens is 1. The maximum atomic E-state index is 6.18. The van der Waals surface area contributed by atoms with Gasteiger partial charge >= 0.3 is 0 Å². The van der Waals surface area contributed by atoms with Crippen LogP contribution >= 0.6 is 0 Å². The molecule has 0 radical (unpaired) electrons. The van der Waals surface area contributed by atoms with Crippen molar-refractivity contribution < 1.29 is 4.74 Å². The fourth-order valence-corrected chi connectivity index (χ4v) is 3.18. The molecule has 1 saturated carbocycles. The van der Waals surface area contributed by atoms with Crippen LogP contribution < -0.4 is 10.5 Å². The van der Waals surface area contributed by atoms with Crippen molar-refractivity contribution >= 4 is 10.9 Å². The van der Waals surface area contributed by atoms with Gasteiger partial charge in [0, 0.05) is 23.1 Å². The summed E-state index contributed by atoms with van der Waals surface area (Å²) in [5.41, 5.74) is 8.74. The molecule has 102 valence electrons. The van der Waals surface area contributed by atoms with Gasteiger partial charge in [0.15, 0.2) is 0 Å². The second-order valence-corrected chi connectivity index (χ2v) is 5.51. The normalized spacial score (nSPS) is 23.1. The van der Waals surface area contributed by atoms with Crippen LogP contribution in [0.2, 0.25) is 0 Å². The predicted molar refractivity (Wildman–Crippen MR) is 78.5 cm³/mol. The third kappa shape index (κ3) is 2.47. The van der Waals surface area contributed by atoms with Crippen LogP contribution in [0.5, 0.6) is 5.75 Å². The van der Waals surface area contributed by atoms with Gasteiger partial charge < -0.3 is 15.5 Å². The number of rotatable bonds is 4. The Morgan fingerprint density at radius 3 is 3.00 bits per heavy atom. The van der Waals surface area contributed by atoms with Crippen molar-refractivity contribution in [2.24, 2.45) is 11.7 Å². The van der Waals surface area contributed by atoms with Crippen LogP contribution in [0, 0.1) is 5.92 Å². The first-order valence-electron chi connectivity index (χ1n) is 7.26. The molecule has 1 aromatic carbocycles. The van der Waals surface area contributed by atoms with Gasteiger partial charge in [-0.2, -0.15) is 0 Å². The number of hydrogen-bond donors (Lipinski definition) is 2. The molecule has 0 saturated heterocycles. The third-order valence-electron chi connectivity index (χ3n) is 4.25. The Morgan fingerprint density at radius 1 is 1.37 bits per heavy atom. The number of benzene rings is 1. The Hall–Kier alpha value is -1.48. The minimum Gasteiger partial charge on any atom is -0.494 e. The fraction of sp³-hybridized carbons (Fsp3) is 0.500. The first kappa shape index (κ1) is 12.5. The Bertz CT molecular complexity index is 561. The van der Waals surface area contributed by atoms with Crippen LogP contribution in [-0.2, 0) is 6.42 Å². The molecule has 0 bridgehead atoms. The van der Waals surface area contributed by atoms with E-state index < -0.39 is 0 Å². The highest BCUT2D eigenvalue weighted by Crippen LogP contribution is 2.31. The highest BCUT2D eigenvalue weighted by molar-refractivity contribution is 5.84. The summed E-state index contributed by atoms with van der Waals surface area (Å²) in [5.74, 6) is 1.58. The average Bonchev–Trinajstić information content (AvgIpc) is 2.98. The number of nitrogens with two attached hydrogens (primary N) is 1. The molecule has 3 nitrogen and oxygen atoms in total. The molecule has 19 heavy (non-hydrogen) atoms. The molecule has 2 unspecified atom stereocenters. The maximum Gasteiger partial charge on any atom is 0.120 e. The number of aromatic amines is 1. The van der Waals surface area contributed by atoms with Crippen LogP contribution in [0.4, 0.5) is 0 Å². The van der Waals surface area contributed by atoms with E-state index in [4.69, 9.17) is 10.5 Å². The molecule has 1 aliphatic carbocycles. The molecule has 1 heterocycles. The lowest BCUT2D eigenvalue weighted by atomic mass is 9.95. The van der Waals surface area contributed by atoms with E-state index >= 15 is 0 Å². The first-order valence-corrected chi connectivity index (χ1v) is 7.26. The number of ether oxygens (including phenoxy) is 1. The molecule has 0 spiro atoms. The number of aromatic nitrogens is 1. The molecule has 1 fully saturated rings. The van der Waals surface area contributed by atoms with Gasteiger partial charge in [0.2, 0.25) is 0 Å². The zero-order valence-corrected chi connectivity index (χ0v) is 11.5. The zero-order chi connectivity index (χ0) is 13.2. The minimum atomic E-state index is 0.375. The Labute approximate surface area is 114 Å². The van der Waals surface area contributed by atoms with E-state index in [1.54, 1.807) is 0 Å². The van der Waals surface area contributed by atoms with Crippen molar-refractivity contribution in [1.29, 1.82) is 0 Å². The van der Waals surface area contributed by atoms with E-state index in [0.29, 0.717) is 18.6 Å². The molecule has 1 aliphatic rings. The van der Waals surface area contributed by atoms with Crippen LogP contribution in [0.3, 0.4) is 0 Å². The second-order valence-electron chi connectivity index (χ2n) is 5.51. The van der Waals surface area contributed by atoms with E-state index in [1.807, 2.05) is 13.0 Å². The van der Waals surface area contributed by atoms with Crippen molar-refractivity contribution in [2.75, 3.05) is 6.61 Å². The zero-order valence-electron chi connectivity index (χ0n) is 11.5. The van der Waals surface area contributed by atoms with E-state index in [9.17, 15) is 0 Å². The maximum absolute atomic E-state index is 6.18. The quantitative estimate of drug-likeness (QED) is 0.884. The number of hydrogen-bond acceptors (Lipinski definition) is 2. The van der Waals surface area contributed by atoms with Gasteiger partial charge in [-0.05, 0) is 55.9 Å². The van der Waals surface area contributed by atoms with Crippen LogP contribution in [0.1, 0.15) is 31.7 Å². The van der Waals surface area contributed by atoms with Gasteiger partial charge in [0.05, 0.1) is 6.61 Å². The number of fused-ring (bicyclic) bond motifs is 1. The van der Waals surface area contributed by atoms with Gasteiger partial charge in [-0.25, -0.2) is 0 Å². The molecule has 3 heteroatoms. The molecule has 2 atom stereocenters. The van der Waals surface area contributed by atoms with Gasteiger partial charge in [0.25, 0.3) is 0 Å². The molecule has 0 amide bonds. The van der Waals surface area contributed by atoms with Crippen molar-refractivity contribution in [3.8, 4) is 5.75 Å². The number of nitrogens with one attached hydrogen (secondary N) is 1. The smallest absolute Gasteiger partial charge is 0.120 e. The van der Waals surface area contributed by atoms with Gasteiger partial charge in [-0.15, -0.1) is 0 Å². The third-order valence-corrected chi connectivity index (χ3v) is 4.25. The molecule has 1 aromatic heterocycles. The summed E-state index contributed by atoms with van der Waals surface area (Å²) >= 11 is 0. The summed E-state index contributed by atoms with van der Waals surface area (Å²) in [4.78, 5) is 3.35. The van der Waals surface area contributed by atoms with Gasteiger partial charge in [-0.3, -0.25) is 0 Å². The van der Waals surface area contributed by atoms with E-state index in [0.717, 1.165) is 12.2 Å². The monoisotopic (exact) mass is 258 g/mol. The standard InChI is InChI=1S/C16H22N2O/c1-2-19-13-6-7-16-14(9-13)12(10-18-16)8-11-4-3-5-15(11)17/h6-7,9-11,15,18H,2-5,8,17H2,1H3. The molecular weight excluding hydrogens is 236 g/mol.